The largest absolute Gasteiger partial charge is 0.241 e. The van der Waals surface area contributed by atoms with Gasteiger partial charge in [-0.05, 0) is 24.0 Å². The molecule has 4 rings (SSSR count). The molecule has 0 saturated carbocycles. The van der Waals surface area contributed by atoms with Gasteiger partial charge in [-0.3, -0.25) is 0 Å². The molecule has 1 aliphatic rings. The van der Waals surface area contributed by atoms with Crippen molar-refractivity contribution in [1.82, 2.24) is 4.98 Å². The Morgan fingerprint density at radius 2 is 1.50 bits per heavy atom. The number of thiazole rings is 1. The van der Waals surface area contributed by atoms with E-state index in [0.29, 0.717) is 5.92 Å². The summed E-state index contributed by atoms with van der Waals surface area (Å²) in [7, 11) is 0. The second-order valence-electron chi connectivity index (χ2n) is 5.31. The molecule has 2 aromatic carbocycles. The quantitative estimate of drug-likeness (QED) is 0.662. The predicted octanol–water partition coefficient (Wildman–Crippen LogP) is 4.69. The minimum atomic E-state index is 0.565. The first-order valence-electron chi connectivity index (χ1n) is 6.98. The summed E-state index contributed by atoms with van der Waals surface area (Å²) in [4.78, 5) is 4.86. The van der Waals surface area contributed by atoms with Crippen LogP contribution in [-0.2, 0) is 12.8 Å². The first-order valence-corrected chi connectivity index (χ1v) is 7.86. The molecule has 0 bridgehead atoms. The Bertz CT molecular complexity index is 705. The molecule has 2 heteroatoms. The lowest BCUT2D eigenvalue weighted by Gasteiger charge is -2.03. The molecule has 1 heterocycles. The topological polar surface area (TPSA) is 12.9 Å². The highest BCUT2D eigenvalue weighted by atomic mass is 32.1. The fourth-order valence-corrected chi connectivity index (χ4v) is 3.88. The van der Waals surface area contributed by atoms with Gasteiger partial charge < -0.3 is 0 Å². The summed E-state index contributed by atoms with van der Waals surface area (Å²) in [5, 5.41) is 3.47. The van der Waals surface area contributed by atoms with Gasteiger partial charge in [-0.2, -0.15) is 0 Å². The van der Waals surface area contributed by atoms with Crippen molar-refractivity contribution >= 4 is 11.3 Å². The van der Waals surface area contributed by atoms with E-state index in [4.69, 9.17) is 4.98 Å². The van der Waals surface area contributed by atoms with Crippen molar-refractivity contribution < 1.29 is 0 Å². The van der Waals surface area contributed by atoms with Crippen molar-refractivity contribution in [3.05, 3.63) is 76.1 Å². The van der Waals surface area contributed by atoms with Crippen LogP contribution in [-0.4, -0.2) is 4.98 Å². The van der Waals surface area contributed by atoms with E-state index in [2.05, 4.69) is 53.9 Å². The Morgan fingerprint density at radius 1 is 0.850 bits per heavy atom. The van der Waals surface area contributed by atoms with Gasteiger partial charge in [-0.25, -0.2) is 4.98 Å². The normalized spacial score (nSPS) is 14.4. The maximum absolute atomic E-state index is 4.86. The van der Waals surface area contributed by atoms with Gasteiger partial charge in [0.05, 0.1) is 10.7 Å². The number of hydrogen-bond acceptors (Lipinski definition) is 2. The van der Waals surface area contributed by atoms with E-state index in [-0.39, 0.29) is 0 Å². The van der Waals surface area contributed by atoms with Gasteiger partial charge in [0.2, 0.25) is 0 Å². The number of fused-ring (bicyclic) bond motifs is 1. The van der Waals surface area contributed by atoms with Crippen LogP contribution in [0.2, 0.25) is 0 Å². The van der Waals surface area contributed by atoms with Gasteiger partial charge >= 0.3 is 0 Å². The smallest absolute Gasteiger partial charge is 0.0970 e. The standard InChI is InChI=1S/C18H15NS/c1-2-6-13(7-3-1)17-12-20-18(19-17)16-10-14-8-4-5-9-15(14)11-16/h1-9,12,16H,10-11H2. The van der Waals surface area contributed by atoms with Crippen LogP contribution in [0.25, 0.3) is 11.3 Å². The molecule has 20 heavy (non-hydrogen) atoms. The van der Waals surface area contributed by atoms with E-state index in [1.165, 1.54) is 21.7 Å². The Balaban J connectivity index is 1.61. The van der Waals surface area contributed by atoms with Crippen LogP contribution in [0, 0.1) is 0 Å². The fourth-order valence-electron chi connectivity index (χ4n) is 2.95. The van der Waals surface area contributed by atoms with E-state index in [1.807, 2.05) is 6.07 Å². The molecule has 98 valence electrons. The molecule has 0 unspecified atom stereocenters. The molecule has 0 aliphatic heterocycles. The number of aromatic nitrogens is 1. The lowest BCUT2D eigenvalue weighted by molar-refractivity contribution is 0.735. The summed E-state index contributed by atoms with van der Waals surface area (Å²) in [6.07, 6.45) is 2.27. The SMILES string of the molecule is c1ccc(-c2csc(C3Cc4ccccc4C3)n2)cc1. The third kappa shape index (κ3) is 2.06. The maximum Gasteiger partial charge on any atom is 0.0970 e. The van der Waals surface area contributed by atoms with Crippen molar-refractivity contribution in [3.8, 4) is 11.3 Å². The average molecular weight is 277 g/mol. The zero-order valence-corrected chi connectivity index (χ0v) is 11.9. The molecule has 0 amide bonds. The van der Waals surface area contributed by atoms with Crippen molar-refractivity contribution in [3.63, 3.8) is 0 Å². The summed E-state index contributed by atoms with van der Waals surface area (Å²) in [6.45, 7) is 0. The molecule has 0 saturated heterocycles. The first kappa shape index (κ1) is 11.9. The van der Waals surface area contributed by atoms with Crippen LogP contribution < -0.4 is 0 Å². The molecule has 0 spiro atoms. The van der Waals surface area contributed by atoms with Crippen molar-refractivity contribution in [2.75, 3.05) is 0 Å². The number of benzene rings is 2. The zero-order chi connectivity index (χ0) is 13.4. The number of nitrogens with zero attached hydrogens (tertiary/aromatic N) is 1. The third-order valence-electron chi connectivity index (χ3n) is 3.99. The second-order valence-corrected chi connectivity index (χ2v) is 6.20. The van der Waals surface area contributed by atoms with Crippen molar-refractivity contribution in [2.45, 2.75) is 18.8 Å². The van der Waals surface area contributed by atoms with Crippen LogP contribution in [0.5, 0.6) is 0 Å². The Hall–Kier alpha value is -1.93. The zero-order valence-electron chi connectivity index (χ0n) is 11.1. The van der Waals surface area contributed by atoms with Gasteiger partial charge in [0.25, 0.3) is 0 Å². The molecular weight excluding hydrogens is 262 g/mol. The van der Waals surface area contributed by atoms with Gasteiger partial charge in [0.15, 0.2) is 0 Å². The monoisotopic (exact) mass is 277 g/mol. The van der Waals surface area contributed by atoms with E-state index >= 15 is 0 Å². The van der Waals surface area contributed by atoms with Gasteiger partial charge in [-0.15, -0.1) is 11.3 Å². The van der Waals surface area contributed by atoms with Crippen LogP contribution >= 0.6 is 11.3 Å². The molecule has 3 aromatic rings. The van der Waals surface area contributed by atoms with E-state index < -0.39 is 0 Å². The average Bonchev–Trinajstić information content (AvgIpc) is 3.14. The molecule has 1 nitrogen and oxygen atoms in total. The molecular formula is C18H15NS. The van der Waals surface area contributed by atoms with Gasteiger partial charge in [-0.1, -0.05) is 54.6 Å². The number of rotatable bonds is 2. The Labute approximate surface area is 122 Å². The number of hydrogen-bond donors (Lipinski definition) is 0. The molecule has 0 N–H and O–H groups in total. The fraction of sp³-hybridized carbons (Fsp3) is 0.167. The van der Waals surface area contributed by atoms with Crippen LogP contribution in [0.15, 0.2) is 60.0 Å². The highest BCUT2D eigenvalue weighted by Gasteiger charge is 2.24. The van der Waals surface area contributed by atoms with Crippen molar-refractivity contribution in [2.24, 2.45) is 0 Å². The second kappa shape index (κ2) is 4.88. The van der Waals surface area contributed by atoms with Crippen LogP contribution in [0.4, 0.5) is 0 Å². The summed E-state index contributed by atoms with van der Waals surface area (Å²) in [6, 6.07) is 19.2. The Morgan fingerprint density at radius 3 is 2.20 bits per heavy atom. The molecule has 0 fully saturated rings. The molecule has 0 radical (unpaired) electrons. The summed E-state index contributed by atoms with van der Waals surface area (Å²) < 4.78 is 0. The molecule has 0 atom stereocenters. The van der Waals surface area contributed by atoms with Gasteiger partial charge in [0.1, 0.15) is 0 Å². The summed E-state index contributed by atoms with van der Waals surface area (Å²) in [5.41, 5.74) is 5.31. The van der Waals surface area contributed by atoms with Crippen LogP contribution in [0.1, 0.15) is 22.1 Å². The lowest BCUT2D eigenvalue weighted by Crippen LogP contribution is -1.96. The lowest BCUT2D eigenvalue weighted by atomic mass is 10.1. The minimum Gasteiger partial charge on any atom is -0.241 e. The molecule has 1 aliphatic carbocycles. The predicted molar refractivity (Wildman–Crippen MR) is 84.1 cm³/mol. The summed E-state index contributed by atoms with van der Waals surface area (Å²) in [5.74, 6) is 0.565. The van der Waals surface area contributed by atoms with E-state index in [9.17, 15) is 0 Å². The first-order chi connectivity index (χ1) is 9.90. The summed E-state index contributed by atoms with van der Waals surface area (Å²) >= 11 is 1.80. The van der Waals surface area contributed by atoms with Crippen LogP contribution in [0.3, 0.4) is 0 Å². The highest BCUT2D eigenvalue weighted by molar-refractivity contribution is 7.10. The van der Waals surface area contributed by atoms with E-state index in [1.54, 1.807) is 11.3 Å². The minimum absolute atomic E-state index is 0.565. The van der Waals surface area contributed by atoms with Crippen molar-refractivity contribution in [1.29, 1.82) is 0 Å². The Kier molecular flexibility index (Phi) is 2.89. The maximum atomic E-state index is 4.86. The molecule has 1 aromatic heterocycles. The van der Waals surface area contributed by atoms with Gasteiger partial charge in [0, 0.05) is 16.9 Å². The third-order valence-corrected chi connectivity index (χ3v) is 5.00. The highest BCUT2D eigenvalue weighted by Crippen LogP contribution is 2.36. The van der Waals surface area contributed by atoms with E-state index in [0.717, 1.165) is 18.5 Å².